The largest absolute Gasteiger partial charge is 0.506 e. The Morgan fingerprint density at radius 3 is 2.48 bits per heavy atom. The highest BCUT2D eigenvalue weighted by atomic mass is 16.6. The van der Waals surface area contributed by atoms with Crippen LogP contribution in [-0.4, -0.2) is 78.9 Å². The fourth-order valence-corrected chi connectivity index (χ4v) is 7.70. The summed E-state index contributed by atoms with van der Waals surface area (Å²) in [4.78, 5) is 59.9. The molecule has 1 saturated heterocycles. The zero-order valence-corrected chi connectivity index (χ0v) is 36.3. The number of carbonyl (C=O) groups is 1. The average molecular weight is 859 g/mol. The summed E-state index contributed by atoms with van der Waals surface area (Å²) in [5.41, 5.74) is 3.57. The van der Waals surface area contributed by atoms with Crippen molar-refractivity contribution < 1.29 is 24.5 Å². The molecular weight excluding hydrogens is 805 g/mol. The van der Waals surface area contributed by atoms with Crippen LogP contribution in [-0.2, 0) is 29.0 Å². The second kappa shape index (κ2) is 19.1. The van der Waals surface area contributed by atoms with E-state index in [1.807, 2.05) is 36.9 Å². The standard InChI is InChI=1S/C47H54N8O8/c1-6-35-33(39(50-30-20-23-62-24-21-30)34-26-49-55(7-2)45(34)52-35)25-48-41-42(44(60)43(41)59)51-29-14-12-28(13-15-29)11-9-8-10-22-54(46(61)63-47(3,4)5)27-37(57)31-16-18-36(56)40-32(31)17-19-38(58)53-40/h12-19,26,30,37,48,51,56-57H,6-8,10,20-25,27H2,1-5H3,(H,50,52)(H,53,58). The first-order chi connectivity index (χ1) is 30.2. The number of aryl methyl sites for hydroxylation is 2. The van der Waals surface area contributed by atoms with Gasteiger partial charge in [-0.2, -0.15) is 5.10 Å². The Balaban J connectivity index is 0.989. The highest BCUT2D eigenvalue weighted by Gasteiger charge is 2.27. The number of unbranched alkanes of at least 4 members (excludes halogenated alkanes) is 1. The number of phenols is 1. The van der Waals surface area contributed by atoms with Crippen molar-refractivity contribution in [2.24, 2.45) is 0 Å². The van der Waals surface area contributed by atoms with E-state index in [1.54, 1.807) is 39.0 Å². The zero-order chi connectivity index (χ0) is 44.8. The molecule has 6 N–H and O–H groups in total. The molecule has 0 spiro atoms. The number of hydrogen-bond donors (Lipinski definition) is 6. The summed E-state index contributed by atoms with van der Waals surface area (Å²) in [6, 6.07) is 13.2. The Kier molecular flexibility index (Phi) is 13.5. The number of carbonyl (C=O) groups excluding carboxylic acids is 1. The number of ether oxygens (including phenoxy) is 2. The van der Waals surface area contributed by atoms with Gasteiger partial charge < -0.3 is 45.5 Å². The van der Waals surface area contributed by atoms with Crippen molar-refractivity contribution in [3.8, 4) is 17.6 Å². The number of rotatable bonds is 15. The number of nitrogens with zero attached hydrogens (tertiary/aromatic N) is 4. The van der Waals surface area contributed by atoms with Crippen LogP contribution in [0.3, 0.4) is 0 Å². The van der Waals surface area contributed by atoms with Crippen molar-refractivity contribution in [3.05, 3.63) is 108 Å². The Labute approximate surface area is 364 Å². The Morgan fingerprint density at radius 1 is 1.02 bits per heavy atom. The summed E-state index contributed by atoms with van der Waals surface area (Å²) < 4.78 is 13.1. The highest BCUT2D eigenvalue weighted by molar-refractivity contribution is 5.92. The number of amides is 1. The van der Waals surface area contributed by atoms with Gasteiger partial charge in [-0.15, -0.1) is 0 Å². The van der Waals surface area contributed by atoms with Crippen LogP contribution < -0.4 is 32.4 Å². The molecule has 0 radical (unpaired) electrons. The molecule has 330 valence electrons. The molecule has 0 bridgehead atoms. The number of hydrogen-bond acceptors (Lipinski definition) is 13. The molecule has 3 aromatic heterocycles. The van der Waals surface area contributed by atoms with E-state index in [0.29, 0.717) is 55.7 Å². The third kappa shape index (κ3) is 10.2. The molecule has 16 nitrogen and oxygen atoms in total. The van der Waals surface area contributed by atoms with Gasteiger partial charge in [0, 0.05) is 79.3 Å². The number of aromatic amines is 1. The van der Waals surface area contributed by atoms with Crippen LogP contribution >= 0.6 is 0 Å². The molecule has 4 heterocycles. The van der Waals surface area contributed by atoms with Gasteiger partial charge in [0.1, 0.15) is 22.7 Å². The number of aliphatic hydroxyl groups excluding tert-OH is 1. The lowest BCUT2D eigenvalue weighted by atomic mass is 10.0. The second-order valence-corrected chi connectivity index (χ2v) is 16.6. The van der Waals surface area contributed by atoms with E-state index in [0.717, 1.165) is 46.4 Å². The van der Waals surface area contributed by atoms with E-state index in [9.17, 15) is 29.4 Å². The summed E-state index contributed by atoms with van der Waals surface area (Å²) in [5, 5.41) is 37.6. The molecule has 0 saturated carbocycles. The van der Waals surface area contributed by atoms with Gasteiger partial charge in [0.2, 0.25) is 5.56 Å². The first-order valence-corrected chi connectivity index (χ1v) is 21.4. The monoisotopic (exact) mass is 858 g/mol. The molecule has 7 rings (SSSR count). The lowest BCUT2D eigenvalue weighted by Crippen LogP contribution is -2.39. The maximum atomic E-state index is 13.2. The molecule has 1 fully saturated rings. The van der Waals surface area contributed by atoms with Crippen LogP contribution in [0.1, 0.15) is 88.8 Å². The summed E-state index contributed by atoms with van der Waals surface area (Å²) in [7, 11) is 0. The normalized spacial score (nSPS) is 13.7. The number of anilines is 4. The van der Waals surface area contributed by atoms with E-state index in [1.165, 1.54) is 23.1 Å². The fraction of sp³-hybridized carbons (Fsp3) is 0.404. The minimum atomic E-state index is -1.14. The van der Waals surface area contributed by atoms with Crippen molar-refractivity contribution in [2.45, 2.75) is 97.6 Å². The van der Waals surface area contributed by atoms with Crippen LogP contribution in [0.2, 0.25) is 0 Å². The lowest BCUT2D eigenvalue weighted by Gasteiger charge is -2.29. The number of phenolic OH excluding ortho intramolecular Hbond substituents is 1. The fourth-order valence-electron chi connectivity index (χ4n) is 7.70. The number of fused-ring (bicyclic) bond motifs is 2. The molecule has 6 aromatic rings. The lowest BCUT2D eigenvalue weighted by molar-refractivity contribution is 0.0144. The zero-order valence-electron chi connectivity index (χ0n) is 36.3. The average Bonchev–Trinajstić information content (AvgIpc) is 3.69. The first kappa shape index (κ1) is 44.4. The highest BCUT2D eigenvalue weighted by Crippen LogP contribution is 2.33. The van der Waals surface area contributed by atoms with E-state index >= 15 is 0 Å². The number of aromatic nitrogens is 4. The maximum absolute atomic E-state index is 13.2. The SMILES string of the molecule is CCc1nc2c(cnn2CC)c(NC2CCOCC2)c1CNc1c(Nc2ccc(C#CCCCN(CC(O)c3ccc(O)c4[nH]c(=O)ccc34)C(=O)OC(C)(C)C)cc2)c(=O)c1=O. The third-order valence-corrected chi connectivity index (χ3v) is 11.0. The Hall–Kier alpha value is -6.70. The van der Waals surface area contributed by atoms with Gasteiger partial charge in [0.15, 0.2) is 5.65 Å². The topological polar surface area (TPSA) is 213 Å². The maximum Gasteiger partial charge on any atom is 0.410 e. The molecule has 3 aromatic carbocycles. The van der Waals surface area contributed by atoms with Gasteiger partial charge in [-0.3, -0.25) is 14.4 Å². The number of nitrogens with one attached hydrogen (secondary N) is 4. The molecule has 1 aliphatic rings. The smallest absolute Gasteiger partial charge is 0.410 e. The van der Waals surface area contributed by atoms with Crippen LogP contribution in [0.25, 0.3) is 21.9 Å². The Morgan fingerprint density at radius 2 is 1.76 bits per heavy atom. The van der Waals surface area contributed by atoms with Gasteiger partial charge in [-0.05, 0) is 95.3 Å². The predicted octanol–water partition coefficient (Wildman–Crippen LogP) is 6.21. The van der Waals surface area contributed by atoms with Crippen LogP contribution in [0.15, 0.2) is 69.1 Å². The molecule has 63 heavy (non-hydrogen) atoms. The number of pyridine rings is 2. The van der Waals surface area contributed by atoms with E-state index in [-0.39, 0.29) is 48.3 Å². The van der Waals surface area contributed by atoms with Crippen molar-refractivity contribution >= 4 is 50.8 Å². The summed E-state index contributed by atoms with van der Waals surface area (Å²) in [6.07, 6.45) is 3.42. The summed E-state index contributed by atoms with van der Waals surface area (Å²) >= 11 is 0. The third-order valence-electron chi connectivity index (χ3n) is 11.0. The number of aromatic hydroxyl groups is 1. The molecule has 1 atom stereocenters. The molecule has 0 aliphatic carbocycles. The van der Waals surface area contributed by atoms with Gasteiger partial charge in [-0.25, -0.2) is 14.5 Å². The molecule has 16 heteroatoms. The van der Waals surface area contributed by atoms with Gasteiger partial charge in [-0.1, -0.05) is 24.8 Å². The second-order valence-electron chi connectivity index (χ2n) is 16.6. The summed E-state index contributed by atoms with van der Waals surface area (Å²) in [5.74, 6) is 6.14. The number of aliphatic hydroxyl groups is 1. The van der Waals surface area contributed by atoms with Gasteiger partial charge >= 0.3 is 6.09 Å². The van der Waals surface area contributed by atoms with Gasteiger partial charge in [0.05, 0.1) is 35.4 Å². The van der Waals surface area contributed by atoms with Crippen molar-refractivity contribution in [3.63, 3.8) is 0 Å². The Bertz CT molecular complexity index is 2800. The minimum Gasteiger partial charge on any atom is -0.506 e. The first-order valence-electron chi connectivity index (χ1n) is 21.4. The van der Waals surface area contributed by atoms with Crippen LogP contribution in [0.5, 0.6) is 5.75 Å². The molecular formula is C47H54N8O8. The number of benzene rings is 2. The van der Waals surface area contributed by atoms with Crippen molar-refractivity contribution in [2.75, 3.05) is 42.3 Å². The predicted molar refractivity (Wildman–Crippen MR) is 244 cm³/mol. The van der Waals surface area contributed by atoms with E-state index in [2.05, 4.69) is 37.9 Å². The van der Waals surface area contributed by atoms with Crippen LogP contribution in [0.4, 0.5) is 27.5 Å². The van der Waals surface area contributed by atoms with Crippen molar-refractivity contribution in [1.29, 1.82) is 0 Å². The molecule has 1 unspecified atom stereocenters. The summed E-state index contributed by atoms with van der Waals surface area (Å²) in [6.45, 7) is 11.8. The van der Waals surface area contributed by atoms with Gasteiger partial charge in [0.25, 0.3) is 10.9 Å². The van der Waals surface area contributed by atoms with Crippen LogP contribution in [0, 0.1) is 11.8 Å². The van der Waals surface area contributed by atoms with E-state index in [4.69, 9.17) is 14.5 Å². The molecule has 1 aliphatic heterocycles. The number of H-pyrrole nitrogens is 1. The minimum absolute atomic E-state index is 0.0926. The quantitative estimate of drug-likeness (QED) is 0.0386. The van der Waals surface area contributed by atoms with E-state index < -0.39 is 34.2 Å². The molecule has 1 amide bonds. The van der Waals surface area contributed by atoms with Crippen molar-refractivity contribution in [1.82, 2.24) is 24.6 Å².